The number of benzene rings is 3. The van der Waals surface area contributed by atoms with Gasteiger partial charge >= 0.3 is 0 Å². The number of tetrazole rings is 1. The predicted molar refractivity (Wildman–Crippen MR) is 138 cm³/mol. The summed E-state index contributed by atoms with van der Waals surface area (Å²) in [4.78, 5) is 25.0. The Morgan fingerprint density at radius 2 is 1.54 bits per heavy atom. The molecule has 0 fully saturated rings. The Hall–Kier alpha value is -3.98. The summed E-state index contributed by atoms with van der Waals surface area (Å²) in [7, 11) is 0. The fourth-order valence-electron chi connectivity index (χ4n) is 3.75. The molecule has 0 saturated carbocycles. The highest BCUT2D eigenvalue weighted by Crippen LogP contribution is 2.29. The van der Waals surface area contributed by atoms with E-state index in [-0.39, 0.29) is 17.7 Å². The number of carbonyl (C=O) groups excluding carboxylic acids is 2. The third-order valence-electron chi connectivity index (χ3n) is 5.60. The van der Waals surface area contributed by atoms with Gasteiger partial charge in [0, 0.05) is 30.0 Å². The summed E-state index contributed by atoms with van der Waals surface area (Å²) in [5.74, 6) is 0.470. The standard InChI is InChI=1S/C26H26N6O2S/c33-25(27-14-15-28-26(34)21(17-35)16-18-6-2-1-3-7-18)20-12-10-19(11-13-20)22-8-4-5-9-23(22)24-29-31-32-30-24/h1-13,21,35H,14-17H2,(H,27,33)(H,28,34)(H,29,30,31,32). The van der Waals surface area contributed by atoms with Crippen LogP contribution < -0.4 is 10.6 Å². The Morgan fingerprint density at radius 1 is 0.857 bits per heavy atom. The monoisotopic (exact) mass is 486 g/mol. The second-order valence-corrected chi connectivity index (χ2v) is 8.34. The molecule has 8 nitrogen and oxygen atoms in total. The fraction of sp³-hybridized carbons (Fsp3) is 0.192. The van der Waals surface area contributed by atoms with Crippen molar-refractivity contribution in [1.29, 1.82) is 0 Å². The molecular weight excluding hydrogens is 460 g/mol. The molecule has 3 aromatic carbocycles. The van der Waals surface area contributed by atoms with E-state index in [1.165, 1.54) is 0 Å². The van der Waals surface area contributed by atoms with Crippen molar-refractivity contribution in [2.45, 2.75) is 6.42 Å². The van der Waals surface area contributed by atoms with Crippen LogP contribution in [0.25, 0.3) is 22.5 Å². The molecule has 1 atom stereocenters. The van der Waals surface area contributed by atoms with Crippen LogP contribution in [-0.2, 0) is 11.2 Å². The van der Waals surface area contributed by atoms with Gasteiger partial charge in [-0.3, -0.25) is 9.59 Å². The lowest BCUT2D eigenvalue weighted by molar-refractivity contribution is -0.124. The average molecular weight is 487 g/mol. The number of rotatable bonds is 10. The number of amides is 2. The number of thiol groups is 1. The third kappa shape index (κ3) is 6.33. The Kier molecular flexibility index (Phi) is 8.24. The van der Waals surface area contributed by atoms with Gasteiger partial charge in [-0.2, -0.15) is 17.8 Å². The highest BCUT2D eigenvalue weighted by atomic mass is 32.1. The first-order chi connectivity index (χ1) is 17.2. The van der Waals surface area contributed by atoms with E-state index in [4.69, 9.17) is 0 Å². The fourth-order valence-corrected chi connectivity index (χ4v) is 4.05. The SMILES string of the molecule is O=C(NCCNC(=O)C(CS)Cc1ccccc1)c1ccc(-c2ccccc2-c2nn[nH]n2)cc1. The number of nitrogens with one attached hydrogen (secondary N) is 3. The summed E-state index contributed by atoms with van der Waals surface area (Å²) < 4.78 is 0. The smallest absolute Gasteiger partial charge is 0.251 e. The van der Waals surface area contributed by atoms with E-state index >= 15 is 0 Å². The summed E-state index contributed by atoms with van der Waals surface area (Å²) in [6.45, 7) is 0.678. The van der Waals surface area contributed by atoms with Crippen molar-refractivity contribution >= 4 is 24.4 Å². The molecule has 35 heavy (non-hydrogen) atoms. The molecule has 2 amide bonds. The number of aromatic nitrogens is 4. The maximum atomic E-state index is 12.6. The van der Waals surface area contributed by atoms with Crippen LogP contribution in [0.3, 0.4) is 0 Å². The Balaban J connectivity index is 1.28. The zero-order chi connectivity index (χ0) is 24.5. The lowest BCUT2D eigenvalue weighted by atomic mass is 9.98. The minimum absolute atomic E-state index is 0.0669. The van der Waals surface area contributed by atoms with E-state index < -0.39 is 0 Å². The van der Waals surface area contributed by atoms with Gasteiger partial charge in [-0.15, -0.1) is 10.2 Å². The minimum Gasteiger partial charge on any atom is -0.354 e. The zero-order valence-corrected chi connectivity index (χ0v) is 19.9. The van der Waals surface area contributed by atoms with E-state index in [1.807, 2.05) is 66.7 Å². The summed E-state index contributed by atoms with van der Waals surface area (Å²) in [6.07, 6.45) is 0.630. The Labute approximate surface area is 209 Å². The molecule has 178 valence electrons. The molecule has 0 bridgehead atoms. The number of hydrogen-bond donors (Lipinski definition) is 4. The summed E-state index contributed by atoms with van der Waals surface area (Å²) in [5, 5.41) is 20.0. The van der Waals surface area contributed by atoms with Gasteiger partial charge < -0.3 is 10.6 Å². The van der Waals surface area contributed by atoms with Gasteiger partial charge in [0.1, 0.15) is 0 Å². The van der Waals surface area contributed by atoms with Crippen molar-refractivity contribution in [3.05, 3.63) is 90.0 Å². The maximum Gasteiger partial charge on any atom is 0.251 e. The topological polar surface area (TPSA) is 113 Å². The molecule has 9 heteroatoms. The van der Waals surface area contributed by atoms with E-state index in [9.17, 15) is 9.59 Å². The van der Waals surface area contributed by atoms with Gasteiger partial charge in [-0.05, 0) is 40.5 Å². The normalized spacial score (nSPS) is 11.6. The van der Waals surface area contributed by atoms with Crippen LogP contribution in [0.5, 0.6) is 0 Å². The van der Waals surface area contributed by atoms with E-state index in [0.717, 1.165) is 22.3 Å². The van der Waals surface area contributed by atoms with Gasteiger partial charge in [-0.1, -0.05) is 66.7 Å². The predicted octanol–water partition coefficient (Wildman–Crippen LogP) is 3.17. The highest BCUT2D eigenvalue weighted by molar-refractivity contribution is 7.80. The lowest BCUT2D eigenvalue weighted by Gasteiger charge is -2.15. The second-order valence-electron chi connectivity index (χ2n) is 7.97. The van der Waals surface area contributed by atoms with Crippen molar-refractivity contribution in [2.75, 3.05) is 18.8 Å². The zero-order valence-electron chi connectivity index (χ0n) is 19.0. The van der Waals surface area contributed by atoms with Crippen LogP contribution in [0.1, 0.15) is 15.9 Å². The number of carbonyl (C=O) groups is 2. The van der Waals surface area contributed by atoms with Crippen LogP contribution in [0.15, 0.2) is 78.9 Å². The molecule has 1 unspecified atom stereocenters. The Bertz CT molecular complexity index is 1250. The molecule has 0 aliphatic heterocycles. The van der Waals surface area contributed by atoms with Crippen molar-refractivity contribution < 1.29 is 9.59 Å². The molecule has 3 N–H and O–H groups in total. The summed E-state index contributed by atoms with van der Waals surface area (Å²) in [6, 6.07) is 24.9. The van der Waals surface area contributed by atoms with Crippen molar-refractivity contribution in [1.82, 2.24) is 31.3 Å². The van der Waals surface area contributed by atoms with Crippen LogP contribution in [0.4, 0.5) is 0 Å². The molecule has 4 rings (SSSR count). The van der Waals surface area contributed by atoms with Crippen LogP contribution in [0.2, 0.25) is 0 Å². The van der Waals surface area contributed by atoms with Gasteiger partial charge in [0.25, 0.3) is 5.91 Å². The largest absolute Gasteiger partial charge is 0.354 e. The van der Waals surface area contributed by atoms with Gasteiger partial charge in [0.15, 0.2) is 0 Å². The Morgan fingerprint density at radius 3 is 2.23 bits per heavy atom. The highest BCUT2D eigenvalue weighted by Gasteiger charge is 2.17. The second kappa shape index (κ2) is 11.9. The molecule has 4 aromatic rings. The summed E-state index contributed by atoms with van der Waals surface area (Å²) in [5.41, 5.74) is 4.36. The van der Waals surface area contributed by atoms with Gasteiger partial charge in [-0.25, -0.2) is 0 Å². The molecule has 0 aliphatic carbocycles. The van der Waals surface area contributed by atoms with E-state index in [1.54, 1.807) is 12.1 Å². The number of aromatic amines is 1. The van der Waals surface area contributed by atoms with Crippen molar-refractivity contribution in [3.8, 4) is 22.5 Å². The molecule has 1 aromatic heterocycles. The van der Waals surface area contributed by atoms with E-state index in [0.29, 0.717) is 36.7 Å². The maximum absolute atomic E-state index is 12.6. The molecular formula is C26H26N6O2S. The quantitative estimate of drug-likeness (QED) is 0.203. The first-order valence-electron chi connectivity index (χ1n) is 11.3. The third-order valence-corrected chi connectivity index (χ3v) is 6.04. The number of nitrogens with zero attached hydrogens (tertiary/aromatic N) is 3. The van der Waals surface area contributed by atoms with Crippen molar-refractivity contribution in [3.63, 3.8) is 0 Å². The molecule has 0 spiro atoms. The van der Waals surface area contributed by atoms with Crippen LogP contribution in [-0.4, -0.2) is 51.3 Å². The lowest BCUT2D eigenvalue weighted by Crippen LogP contribution is -2.38. The molecule has 0 radical (unpaired) electrons. The molecule has 0 saturated heterocycles. The summed E-state index contributed by atoms with van der Waals surface area (Å²) >= 11 is 4.33. The average Bonchev–Trinajstić information content (AvgIpc) is 3.45. The number of H-pyrrole nitrogens is 1. The van der Waals surface area contributed by atoms with Crippen molar-refractivity contribution in [2.24, 2.45) is 5.92 Å². The van der Waals surface area contributed by atoms with E-state index in [2.05, 4.69) is 43.9 Å². The van der Waals surface area contributed by atoms with Crippen LogP contribution in [0, 0.1) is 5.92 Å². The van der Waals surface area contributed by atoms with Gasteiger partial charge in [0.2, 0.25) is 11.7 Å². The van der Waals surface area contributed by atoms with Crippen LogP contribution >= 0.6 is 12.6 Å². The molecule has 1 heterocycles. The first kappa shape index (κ1) is 24.2. The minimum atomic E-state index is -0.223. The first-order valence-corrected chi connectivity index (χ1v) is 11.9. The molecule has 0 aliphatic rings. The number of hydrogen-bond acceptors (Lipinski definition) is 6. The van der Waals surface area contributed by atoms with Gasteiger partial charge in [0.05, 0.1) is 5.92 Å².